The molecule has 1 aromatic heterocycles. The van der Waals surface area contributed by atoms with Gasteiger partial charge in [-0.05, 0) is 47.8 Å². The van der Waals surface area contributed by atoms with Gasteiger partial charge in [-0.3, -0.25) is 4.79 Å². The maximum absolute atomic E-state index is 11.6. The Labute approximate surface area is 119 Å². The summed E-state index contributed by atoms with van der Waals surface area (Å²) in [6, 6.07) is 4.03. The van der Waals surface area contributed by atoms with Crippen LogP contribution in [0.4, 0.5) is 0 Å². The van der Waals surface area contributed by atoms with Gasteiger partial charge in [0.1, 0.15) is 0 Å². The Morgan fingerprint density at radius 2 is 2.11 bits per heavy atom. The van der Waals surface area contributed by atoms with Gasteiger partial charge in [-0.2, -0.15) is 0 Å². The summed E-state index contributed by atoms with van der Waals surface area (Å²) in [5.41, 5.74) is -0.928. The lowest BCUT2D eigenvalue weighted by molar-refractivity contribution is -0.124. The van der Waals surface area contributed by atoms with Crippen LogP contribution in [0.15, 0.2) is 15.9 Å². The molecule has 0 fully saturated rings. The third-order valence-electron chi connectivity index (χ3n) is 2.60. The Morgan fingerprint density at radius 1 is 1.44 bits per heavy atom. The van der Waals surface area contributed by atoms with Gasteiger partial charge in [-0.15, -0.1) is 11.3 Å². The summed E-state index contributed by atoms with van der Waals surface area (Å²) in [5.74, 6) is -0.142. The highest BCUT2D eigenvalue weighted by Crippen LogP contribution is 2.23. The highest BCUT2D eigenvalue weighted by atomic mass is 79.9. The normalized spacial score (nSPS) is 11.6. The molecule has 0 unspecified atom stereocenters. The fourth-order valence-corrected chi connectivity index (χ4v) is 2.96. The second kappa shape index (κ2) is 7.23. The summed E-state index contributed by atoms with van der Waals surface area (Å²) in [6.07, 6.45) is 2.01. The number of hydrogen-bond donors (Lipinski definition) is 3. The molecule has 4 nitrogen and oxygen atoms in total. The van der Waals surface area contributed by atoms with Crippen LogP contribution >= 0.6 is 27.3 Å². The molecule has 102 valence electrons. The Kier molecular flexibility index (Phi) is 6.28. The minimum atomic E-state index is -0.928. The number of carbonyl (C=O) groups excluding carboxylic acids is 1. The van der Waals surface area contributed by atoms with Crippen LogP contribution in [0.3, 0.4) is 0 Å². The number of aryl methyl sites for hydroxylation is 1. The van der Waals surface area contributed by atoms with Gasteiger partial charge in [0.2, 0.25) is 5.91 Å². The summed E-state index contributed by atoms with van der Waals surface area (Å²) in [5, 5.41) is 20.8. The van der Waals surface area contributed by atoms with Gasteiger partial charge < -0.3 is 15.5 Å². The Balaban J connectivity index is 2.29. The van der Waals surface area contributed by atoms with Gasteiger partial charge in [0, 0.05) is 11.3 Å². The molecule has 0 aliphatic carbocycles. The number of thiophene rings is 1. The molecule has 0 aromatic carbocycles. The zero-order valence-electron chi connectivity index (χ0n) is 10.3. The molecular weight excluding hydrogens is 318 g/mol. The lowest BCUT2D eigenvalue weighted by Gasteiger charge is -2.26. The first-order valence-corrected chi connectivity index (χ1v) is 7.37. The SMILES string of the molecule is CC(CO)(CO)NC(=O)CCCc1ccc(Br)s1. The molecule has 0 atom stereocenters. The van der Waals surface area contributed by atoms with E-state index >= 15 is 0 Å². The van der Waals surface area contributed by atoms with Crippen molar-refractivity contribution in [2.75, 3.05) is 13.2 Å². The standard InChI is InChI=1S/C12H18BrNO3S/c1-12(7-15,8-16)14-11(17)4-2-3-9-5-6-10(13)18-9/h5-6,15-16H,2-4,7-8H2,1H3,(H,14,17). The van der Waals surface area contributed by atoms with Gasteiger partial charge in [-0.1, -0.05) is 0 Å². The van der Waals surface area contributed by atoms with Crippen LogP contribution in [0.25, 0.3) is 0 Å². The molecule has 0 aliphatic heterocycles. The van der Waals surface area contributed by atoms with E-state index in [0.29, 0.717) is 6.42 Å². The maximum Gasteiger partial charge on any atom is 0.220 e. The van der Waals surface area contributed by atoms with E-state index < -0.39 is 5.54 Å². The molecule has 18 heavy (non-hydrogen) atoms. The van der Waals surface area contributed by atoms with Crippen LogP contribution in [0.5, 0.6) is 0 Å². The van der Waals surface area contributed by atoms with E-state index in [4.69, 9.17) is 10.2 Å². The van der Waals surface area contributed by atoms with Gasteiger partial charge in [-0.25, -0.2) is 0 Å². The third-order valence-corrected chi connectivity index (χ3v) is 4.28. The number of hydrogen-bond acceptors (Lipinski definition) is 4. The van der Waals surface area contributed by atoms with Gasteiger partial charge in [0.25, 0.3) is 0 Å². The summed E-state index contributed by atoms with van der Waals surface area (Å²) < 4.78 is 1.09. The van der Waals surface area contributed by atoms with Crippen LogP contribution in [-0.4, -0.2) is 34.9 Å². The fraction of sp³-hybridized carbons (Fsp3) is 0.583. The zero-order chi connectivity index (χ0) is 13.6. The van der Waals surface area contributed by atoms with Crippen LogP contribution in [0.2, 0.25) is 0 Å². The lowest BCUT2D eigenvalue weighted by atomic mass is 10.0. The predicted octanol–water partition coefficient (Wildman–Crippen LogP) is 1.69. The molecule has 0 saturated carbocycles. The number of aliphatic hydroxyl groups is 2. The molecule has 1 heterocycles. The summed E-state index contributed by atoms with van der Waals surface area (Å²) >= 11 is 5.06. The molecule has 3 N–H and O–H groups in total. The van der Waals surface area contributed by atoms with E-state index in [-0.39, 0.29) is 19.1 Å². The average Bonchev–Trinajstić information content (AvgIpc) is 2.75. The number of rotatable bonds is 7. The summed E-state index contributed by atoms with van der Waals surface area (Å²) in [6.45, 7) is 1.07. The van der Waals surface area contributed by atoms with Crippen molar-refractivity contribution >= 4 is 33.2 Å². The Bertz CT molecular complexity index is 390. The van der Waals surface area contributed by atoms with Crippen molar-refractivity contribution in [2.24, 2.45) is 0 Å². The quantitative estimate of drug-likeness (QED) is 0.710. The molecule has 1 amide bonds. The van der Waals surface area contributed by atoms with Crippen LogP contribution in [-0.2, 0) is 11.2 Å². The molecular formula is C12H18BrNO3S. The topological polar surface area (TPSA) is 69.6 Å². The van der Waals surface area contributed by atoms with Gasteiger partial charge >= 0.3 is 0 Å². The first kappa shape index (κ1) is 15.6. The molecule has 1 rings (SSSR count). The number of halogens is 1. The Morgan fingerprint density at radius 3 is 2.61 bits per heavy atom. The predicted molar refractivity (Wildman–Crippen MR) is 75.7 cm³/mol. The van der Waals surface area contributed by atoms with Crippen molar-refractivity contribution < 1.29 is 15.0 Å². The molecule has 0 aliphatic rings. The summed E-state index contributed by atoms with van der Waals surface area (Å²) in [7, 11) is 0. The third kappa shape index (κ3) is 5.06. The number of nitrogens with one attached hydrogen (secondary N) is 1. The van der Waals surface area contributed by atoms with E-state index in [1.807, 2.05) is 12.1 Å². The van der Waals surface area contributed by atoms with E-state index in [0.717, 1.165) is 16.6 Å². The number of carbonyl (C=O) groups is 1. The van der Waals surface area contributed by atoms with Crippen molar-refractivity contribution in [3.63, 3.8) is 0 Å². The molecule has 0 radical (unpaired) electrons. The molecule has 6 heteroatoms. The minimum absolute atomic E-state index is 0.142. The second-order valence-corrected chi connectivity index (χ2v) is 7.03. The number of amides is 1. The van der Waals surface area contributed by atoms with E-state index in [9.17, 15) is 4.79 Å². The first-order chi connectivity index (χ1) is 8.49. The van der Waals surface area contributed by atoms with E-state index in [1.165, 1.54) is 4.88 Å². The van der Waals surface area contributed by atoms with E-state index in [2.05, 4.69) is 21.2 Å². The van der Waals surface area contributed by atoms with Crippen LogP contribution in [0, 0.1) is 0 Å². The van der Waals surface area contributed by atoms with E-state index in [1.54, 1.807) is 18.3 Å². The minimum Gasteiger partial charge on any atom is -0.394 e. The van der Waals surface area contributed by atoms with Crippen LogP contribution < -0.4 is 5.32 Å². The smallest absolute Gasteiger partial charge is 0.220 e. The number of aliphatic hydroxyl groups excluding tert-OH is 2. The zero-order valence-corrected chi connectivity index (χ0v) is 12.7. The summed E-state index contributed by atoms with van der Waals surface area (Å²) in [4.78, 5) is 12.9. The largest absolute Gasteiger partial charge is 0.394 e. The second-order valence-electron chi connectivity index (χ2n) is 4.48. The molecule has 1 aromatic rings. The highest BCUT2D eigenvalue weighted by Gasteiger charge is 2.23. The van der Waals surface area contributed by atoms with Crippen molar-refractivity contribution in [1.29, 1.82) is 0 Å². The van der Waals surface area contributed by atoms with Crippen molar-refractivity contribution in [3.05, 3.63) is 20.8 Å². The lowest BCUT2D eigenvalue weighted by Crippen LogP contribution is -2.51. The highest BCUT2D eigenvalue weighted by molar-refractivity contribution is 9.11. The monoisotopic (exact) mass is 335 g/mol. The maximum atomic E-state index is 11.6. The fourth-order valence-electron chi connectivity index (χ4n) is 1.44. The van der Waals surface area contributed by atoms with Crippen molar-refractivity contribution in [1.82, 2.24) is 5.32 Å². The molecule has 0 saturated heterocycles. The molecule has 0 bridgehead atoms. The molecule has 0 spiro atoms. The Hall–Kier alpha value is -0.430. The average molecular weight is 336 g/mol. The van der Waals surface area contributed by atoms with Gasteiger partial charge in [0.05, 0.1) is 22.5 Å². The first-order valence-electron chi connectivity index (χ1n) is 5.76. The van der Waals surface area contributed by atoms with Crippen LogP contribution in [0.1, 0.15) is 24.6 Å². The van der Waals surface area contributed by atoms with Crippen molar-refractivity contribution in [3.8, 4) is 0 Å². The van der Waals surface area contributed by atoms with Crippen molar-refractivity contribution in [2.45, 2.75) is 31.7 Å². The van der Waals surface area contributed by atoms with Gasteiger partial charge in [0.15, 0.2) is 0 Å².